The molecule has 0 aliphatic carbocycles. The molecule has 92 valence electrons. The van der Waals surface area contributed by atoms with E-state index >= 15 is 0 Å². The average molecular weight is 258 g/mol. The van der Waals surface area contributed by atoms with Gasteiger partial charge < -0.3 is 5.73 Å². The van der Waals surface area contributed by atoms with Gasteiger partial charge in [-0.2, -0.15) is 5.10 Å². The molecule has 5 heteroatoms. The zero-order valence-electron chi connectivity index (χ0n) is 10.6. The van der Waals surface area contributed by atoms with Crippen LogP contribution in [0.1, 0.15) is 16.7 Å². The molecule has 3 aromatic rings. The fourth-order valence-corrected chi connectivity index (χ4v) is 2.99. The van der Waals surface area contributed by atoms with Gasteiger partial charge in [-0.1, -0.05) is 17.4 Å². The summed E-state index contributed by atoms with van der Waals surface area (Å²) in [5, 5.41) is 5.51. The standard InChI is InChI=1S/C13H14N4S/c1-7-4-9(3)10(5-8(7)2)12-16-17-6-11(14)15-13(17)18-12/h4-6H,14H2,1-3H3. The van der Waals surface area contributed by atoms with Crippen LogP contribution in [0.4, 0.5) is 5.82 Å². The number of nitrogen functional groups attached to an aromatic ring is 1. The first-order chi connectivity index (χ1) is 8.54. The van der Waals surface area contributed by atoms with Gasteiger partial charge in [0.05, 0.1) is 6.20 Å². The molecule has 0 atom stereocenters. The number of aromatic nitrogens is 3. The maximum absolute atomic E-state index is 5.63. The van der Waals surface area contributed by atoms with Gasteiger partial charge in [-0.05, 0) is 43.5 Å². The summed E-state index contributed by atoms with van der Waals surface area (Å²) in [7, 11) is 0. The molecule has 1 aromatic carbocycles. The van der Waals surface area contributed by atoms with Gasteiger partial charge in [0.15, 0.2) is 0 Å². The van der Waals surface area contributed by atoms with Crippen LogP contribution in [0.5, 0.6) is 0 Å². The molecule has 0 fully saturated rings. The van der Waals surface area contributed by atoms with E-state index in [0.717, 1.165) is 9.97 Å². The summed E-state index contributed by atoms with van der Waals surface area (Å²) >= 11 is 1.56. The number of hydrogen-bond donors (Lipinski definition) is 1. The first kappa shape index (κ1) is 11.2. The minimum Gasteiger partial charge on any atom is -0.382 e. The van der Waals surface area contributed by atoms with Crippen molar-refractivity contribution in [1.82, 2.24) is 14.6 Å². The lowest BCUT2D eigenvalue weighted by atomic mass is 10.0. The van der Waals surface area contributed by atoms with Crippen molar-refractivity contribution in [1.29, 1.82) is 0 Å². The molecule has 2 heterocycles. The Morgan fingerprint density at radius 1 is 1.11 bits per heavy atom. The molecule has 0 aliphatic rings. The Balaban J connectivity index is 2.19. The lowest BCUT2D eigenvalue weighted by Gasteiger charge is -2.06. The summed E-state index contributed by atoms with van der Waals surface area (Å²) in [6.07, 6.45) is 1.74. The second kappa shape index (κ2) is 3.81. The third kappa shape index (κ3) is 1.67. The predicted molar refractivity (Wildman–Crippen MR) is 74.9 cm³/mol. The number of anilines is 1. The minimum atomic E-state index is 0.511. The van der Waals surface area contributed by atoms with Crippen molar-refractivity contribution in [2.45, 2.75) is 20.8 Å². The van der Waals surface area contributed by atoms with E-state index in [1.54, 1.807) is 22.0 Å². The average Bonchev–Trinajstić information content (AvgIpc) is 2.80. The highest BCUT2D eigenvalue weighted by Gasteiger charge is 2.11. The monoisotopic (exact) mass is 258 g/mol. The molecular formula is C13H14N4S. The quantitative estimate of drug-likeness (QED) is 0.730. The van der Waals surface area contributed by atoms with Crippen molar-refractivity contribution in [3.8, 4) is 10.6 Å². The fourth-order valence-electron chi connectivity index (χ4n) is 2.02. The number of imidazole rings is 1. The van der Waals surface area contributed by atoms with E-state index in [1.807, 2.05) is 0 Å². The van der Waals surface area contributed by atoms with Crippen LogP contribution in [-0.2, 0) is 0 Å². The van der Waals surface area contributed by atoms with Crippen molar-refractivity contribution in [3.05, 3.63) is 35.0 Å². The third-order valence-electron chi connectivity index (χ3n) is 3.13. The molecular weight excluding hydrogens is 244 g/mol. The van der Waals surface area contributed by atoms with E-state index in [1.165, 1.54) is 22.3 Å². The zero-order chi connectivity index (χ0) is 12.9. The number of nitrogens with two attached hydrogens (primary N) is 1. The summed E-state index contributed by atoms with van der Waals surface area (Å²) in [6, 6.07) is 4.38. The maximum Gasteiger partial charge on any atom is 0.214 e. The van der Waals surface area contributed by atoms with Crippen LogP contribution in [0.15, 0.2) is 18.3 Å². The highest BCUT2D eigenvalue weighted by atomic mass is 32.1. The third-order valence-corrected chi connectivity index (χ3v) is 4.09. The van der Waals surface area contributed by atoms with Crippen molar-refractivity contribution < 1.29 is 0 Å². The second-order valence-electron chi connectivity index (χ2n) is 4.55. The van der Waals surface area contributed by atoms with E-state index in [-0.39, 0.29) is 0 Å². The van der Waals surface area contributed by atoms with E-state index < -0.39 is 0 Å². The summed E-state index contributed by atoms with van der Waals surface area (Å²) in [5.74, 6) is 0.511. The predicted octanol–water partition coefficient (Wildman–Crippen LogP) is 2.97. The number of aryl methyl sites for hydroxylation is 3. The molecule has 0 unspecified atom stereocenters. The molecule has 4 nitrogen and oxygen atoms in total. The number of benzene rings is 1. The van der Waals surface area contributed by atoms with Crippen LogP contribution in [0.3, 0.4) is 0 Å². The van der Waals surface area contributed by atoms with Crippen molar-refractivity contribution in [3.63, 3.8) is 0 Å². The van der Waals surface area contributed by atoms with Crippen LogP contribution >= 0.6 is 11.3 Å². The van der Waals surface area contributed by atoms with Crippen molar-refractivity contribution in [2.24, 2.45) is 0 Å². The first-order valence-corrected chi connectivity index (χ1v) is 6.56. The lowest BCUT2D eigenvalue weighted by Crippen LogP contribution is -1.90. The van der Waals surface area contributed by atoms with Crippen LogP contribution in [0.2, 0.25) is 0 Å². The number of hydrogen-bond acceptors (Lipinski definition) is 4. The van der Waals surface area contributed by atoms with Crippen LogP contribution < -0.4 is 5.73 Å². The summed E-state index contributed by atoms with van der Waals surface area (Å²) in [4.78, 5) is 5.06. The maximum atomic E-state index is 5.63. The Bertz CT molecular complexity index is 707. The highest BCUT2D eigenvalue weighted by Crippen LogP contribution is 2.30. The lowest BCUT2D eigenvalue weighted by molar-refractivity contribution is 0.977. The van der Waals surface area contributed by atoms with Crippen LogP contribution in [0, 0.1) is 20.8 Å². The Hall–Kier alpha value is -1.88. The Kier molecular flexibility index (Phi) is 2.38. The van der Waals surface area contributed by atoms with Crippen molar-refractivity contribution >= 4 is 22.1 Å². The van der Waals surface area contributed by atoms with Crippen LogP contribution in [-0.4, -0.2) is 14.6 Å². The topological polar surface area (TPSA) is 56.2 Å². The summed E-state index contributed by atoms with van der Waals surface area (Å²) < 4.78 is 1.74. The molecule has 0 radical (unpaired) electrons. The van der Waals surface area contributed by atoms with Crippen molar-refractivity contribution in [2.75, 3.05) is 5.73 Å². The normalized spacial score (nSPS) is 11.3. The molecule has 2 N–H and O–H groups in total. The van der Waals surface area contributed by atoms with E-state index in [9.17, 15) is 0 Å². The molecule has 0 spiro atoms. The van der Waals surface area contributed by atoms with Crippen LogP contribution in [0.25, 0.3) is 15.5 Å². The van der Waals surface area contributed by atoms with E-state index in [2.05, 4.69) is 43.0 Å². The Labute approximate surface area is 109 Å². The second-order valence-corrected chi connectivity index (χ2v) is 5.51. The fraction of sp³-hybridized carbons (Fsp3) is 0.231. The zero-order valence-corrected chi connectivity index (χ0v) is 11.4. The Morgan fingerprint density at radius 3 is 2.56 bits per heavy atom. The SMILES string of the molecule is Cc1cc(C)c(-c2nn3cc(N)nc3s2)cc1C. The molecule has 0 saturated carbocycles. The summed E-state index contributed by atoms with van der Waals surface area (Å²) in [6.45, 7) is 6.36. The highest BCUT2D eigenvalue weighted by molar-refractivity contribution is 7.19. The van der Waals surface area contributed by atoms with Gasteiger partial charge in [-0.15, -0.1) is 0 Å². The van der Waals surface area contributed by atoms with Gasteiger partial charge in [0.2, 0.25) is 4.96 Å². The van der Waals surface area contributed by atoms with Gasteiger partial charge in [-0.25, -0.2) is 9.50 Å². The first-order valence-electron chi connectivity index (χ1n) is 5.74. The van der Waals surface area contributed by atoms with E-state index in [0.29, 0.717) is 5.82 Å². The number of nitrogens with zero attached hydrogens (tertiary/aromatic N) is 3. The smallest absolute Gasteiger partial charge is 0.214 e. The molecule has 2 aromatic heterocycles. The van der Waals surface area contributed by atoms with Gasteiger partial charge in [-0.3, -0.25) is 0 Å². The number of rotatable bonds is 1. The van der Waals surface area contributed by atoms with Gasteiger partial charge >= 0.3 is 0 Å². The molecule has 0 amide bonds. The summed E-state index contributed by atoms with van der Waals surface area (Å²) in [5.41, 5.74) is 10.6. The van der Waals surface area contributed by atoms with Gasteiger partial charge in [0.1, 0.15) is 10.8 Å². The minimum absolute atomic E-state index is 0.511. The largest absolute Gasteiger partial charge is 0.382 e. The molecule has 3 rings (SSSR count). The van der Waals surface area contributed by atoms with Gasteiger partial charge in [0, 0.05) is 5.56 Å². The molecule has 0 saturated heterocycles. The van der Waals surface area contributed by atoms with Gasteiger partial charge in [0.25, 0.3) is 0 Å². The molecule has 18 heavy (non-hydrogen) atoms. The number of fused-ring (bicyclic) bond motifs is 1. The van der Waals surface area contributed by atoms with E-state index in [4.69, 9.17) is 5.73 Å². The molecule has 0 aliphatic heterocycles. The Morgan fingerprint density at radius 2 is 1.83 bits per heavy atom. The molecule has 0 bridgehead atoms.